The summed E-state index contributed by atoms with van der Waals surface area (Å²) in [4.78, 5) is 36.3. The van der Waals surface area contributed by atoms with E-state index in [1.165, 1.54) is 17.5 Å². The molecule has 3 heterocycles. The predicted molar refractivity (Wildman–Crippen MR) is 146 cm³/mol. The second kappa shape index (κ2) is 10.6. The summed E-state index contributed by atoms with van der Waals surface area (Å²) in [7, 11) is 0. The Hall–Kier alpha value is -2.75. The number of benzene rings is 1. The van der Waals surface area contributed by atoms with Gasteiger partial charge in [-0.1, -0.05) is 6.07 Å². The minimum Gasteiger partial charge on any atom is -0.353 e. The van der Waals surface area contributed by atoms with Crippen molar-refractivity contribution in [1.82, 2.24) is 19.4 Å². The molecule has 2 saturated heterocycles. The van der Waals surface area contributed by atoms with Gasteiger partial charge in [0, 0.05) is 44.5 Å². The van der Waals surface area contributed by atoms with Gasteiger partial charge in [-0.2, -0.15) is 4.98 Å². The minimum absolute atomic E-state index is 0.0510. The second-order valence-corrected chi connectivity index (χ2v) is 11.5. The SMILES string of the molecule is CC(C)(N)C(=O)N1CCN(c2ccn(-c3ccc4c(c3)CCC(N3CCCC(N)CC3)C4)c(=O)n2)CC1. The lowest BCUT2D eigenvalue weighted by Crippen LogP contribution is -2.57. The van der Waals surface area contributed by atoms with Crippen molar-refractivity contribution in [2.24, 2.45) is 11.5 Å². The number of nitrogens with two attached hydrogens (primary N) is 2. The number of hydrogen-bond acceptors (Lipinski definition) is 7. The molecular weight excluding hydrogens is 466 g/mol. The number of amides is 1. The van der Waals surface area contributed by atoms with Crippen LogP contribution in [0.5, 0.6) is 0 Å². The van der Waals surface area contributed by atoms with Crippen LogP contribution in [0.15, 0.2) is 35.3 Å². The fourth-order valence-corrected chi connectivity index (χ4v) is 6.01. The molecule has 4 N–H and O–H groups in total. The number of nitrogens with zero attached hydrogens (tertiary/aromatic N) is 5. The fraction of sp³-hybridized carbons (Fsp3) is 0.607. The smallest absolute Gasteiger partial charge is 0.353 e. The molecule has 3 aliphatic rings. The Morgan fingerprint density at radius 1 is 1.00 bits per heavy atom. The standard InChI is InChI=1S/C28H41N7O2/c1-28(2,30)26(36)34-16-14-33(15-17-34)25-10-13-35(27(37)31-25)24-8-6-20-18-23(7-5-21(20)19-24)32-11-3-4-22(29)9-12-32/h6,8,10,13,19,22-23H,3-5,7,9,11-12,14-18,29-30H2,1-2H3. The van der Waals surface area contributed by atoms with Gasteiger partial charge in [0.05, 0.1) is 11.2 Å². The van der Waals surface area contributed by atoms with Gasteiger partial charge in [0.15, 0.2) is 0 Å². The molecule has 2 aliphatic heterocycles. The van der Waals surface area contributed by atoms with Gasteiger partial charge in [0.2, 0.25) is 5.91 Å². The Labute approximate surface area is 219 Å². The van der Waals surface area contributed by atoms with Crippen LogP contribution in [0.4, 0.5) is 5.82 Å². The van der Waals surface area contributed by atoms with Crippen molar-refractivity contribution in [3.8, 4) is 5.69 Å². The van der Waals surface area contributed by atoms with Gasteiger partial charge >= 0.3 is 5.69 Å². The number of piperazine rings is 1. The summed E-state index contributed by atoms with van der Waals surface area (Å²) in [5.41, 5.74) is 14.6. The average molecular weight is 508 g/mol. The molecule has 1 aromatic heterocycles. The van der Waals surface area contributed by atoms with E-state index in [9.17, 15) is 9.59 Å². The van der Waals surface area contributed by atoms with Crippen LogP contribution in [0.25, 0.3) is 5.69 Å². The Kier molecular flexibility index (Phi) is 7.38. The first kappa shape index (κ1) is 25.9. The van der Waals surface area contributed by atoms with Crippen LogP contribution in [0.1, 0.15) is 50.7 Å². The predicted octanol–water partition coefficient (Wildman–Crippen LogP) is 1.29. The van der Waals surface area contributed by atoms with Crippen molar-refractivity contribution in [1.29, 1.82) is 0 Å². The van der Waals surface area contributed by atoms with E-state index < -0.39 is 5.54 Å². The van der Waals surface area contributed by atoms with Crippen LogP contribution in [0, 0.1) is 0 Å². The molecule has 5 rings (SSSR count). The van der Waals surface area contributed by atoms with Crippen molar-refractivity contribution in [2.45, 2.75) is 70.0 Å². The summed E-state index contributed by atoms with van der Waals surface area (Å²) in [6, 6.07) is 9.21. The monoisotopic (exact) mass is 507 g/mol. The molecular formula is C28H41N7O2. The zero-order chi connectivity index (χ0) is 26.2. The Morgan fingerprint density at radius 3 is 2.51 bits per heavy atom. The van der Waals surface area contributed by atoms with Gasteiger partial charge in [-0.05, 0) is 94.8 Å². The van der Waals surface area contributed by atoms with Gasteiger partial charge in [-0.25, -0.2) is 4.79 Å². The molecule has 1 aromatic carbocycles. The summed E-state index contributed by atoms with van der Waals surface area (Å²) in [6.07, 6.45) is 8.47. The fourth-order valence-electron chi connectivity index (χ4n) is 6.01. The highest BCUT2D eigenvalue weighted by Gasteiger charge is 2.31. The lowest BCUT2D eigenvalue weighted by molar-refractivity contribution is -0.136. The quantitative estimate of drug-likeness (QED) is 0.641. The largest absolute Gasteiger partial charge is 0.354 e. The maximum atomic E-state index is 13.0. The first-order valence-corrected chi connectivity index (χ1v) is 13.7. The Morgan fingerprint density at radius 2 is 1.78 bits per heavy atom. The lowest BCUT2D eigenvalue weighted by atomic mass is 9.87. The summed E-state index contributed by atoms with van der Waals surface area (Å²) in [5.74, 6) is 0.600. The molecule has 9 nitrogen and oxygen atoms in total. The third kappa shape index (κ3) is 5.73. The number of rotatable bonds is 4. The van der Waals surface area contributed by atoms with E-state index in [0.717, 1.165) is 50.9 Å². The number of aromatic nitrogens is 2. The third-order valence-corrected chi connectivity index (χ3v) is 8.23. The molecule has 2 unspecified atom stereocenters. The first-order valence-electron chi connectivity index (χ1n) is 13.7. The number of hydrogen-bond donors (Lipinski definition) is 2. The Bertz CT molecular complexity index is 1180. The summed E-state index contributed by atoms with van der Waals surface area (Å²) in [5, 5.41) is 0. The molecule has 2 atom stereocenters. The van der Waals surface area contributed by atoms with Gasteiger partial charge in [-0.3, -0.25) is 14.3 Å². The van der Waals surface area contributed by atoms with E-state index in [4.69, 9.17) is 11.5 Å². The van der Waals surface area contributed by atoms with Gasteiger partial charge in [-0.15, -0.1) is 0 Å². The van der Waals surface area contributed by atoms with Crippen LogP contribution in [0.3, 0.4) is 0 Å². The van der Waals surface area contributed by atoms with Crippen LogP contribution >= 0.6 is 0 Å². The molecule has 1 aliphatic carbocycles. The van der Waals surface area contributed by atoms with E-state index in [2.05, 4.69) is 26.9 Å². The third-order valence-electron chi connectivity index (χ3n) is 8.23. The number of likely N-dealkylation sites (tertiary alicyclic amines) is 1. The number of carbonyl (C=O) groups is 1. The van der Waals surface area contributed by atoms with E-state index in [-0.39, 0.29) is 11.6 Å². The maximum absolute atomic E-state index is 13.0. The maximum Gasteiger partial charge on any atom is 0.354 e. The highest BCUT2D eigenvalue weighted by molar-refractivity contribution is 5.85. The minimum atomic E-state index is -0.877. The molecule has 9 heteroatoms. The summed E-state index contributed by atoms with van der Waals surface area (Å²) in [6.45, 7) is 8.10. The summed E-state index contributed by atoms with van der Waals surface area (Å²) >= 11 is 0. The van der Waals surface area contributed by atoms with Crippen molar-refractivity contribution in [3.63, 3.8) is 0 Å². The highest BCUT2D eigenvalue weighted by atomic mass is 16.2. The van der Waals surface area contributed by atoms with Gasteiger partial charge in [0.1, 0.15) is 5.82 Å². The zero-order valence-corrected chi connectivity index (χ0v) is 22.2. The first-order chi connectivity index (χ1) is 17.7. The number of anilines is 1. The van der Waals surface area contributed by atoms with Crippen LogP contribution in [-0.2, 0) is 17.6 Å². The highest BCUT2D eigenvalue weighted by Crippen LogP contribution is 2.28. The van der Waals surface area contributed by atoms with Crippen molar-refractivity contribution in [2.75, 3.05) is 44.2 Å². The Balaban J connectivity index is 1.24. The molecule has 0 saturated carbocycles. The van der Waals surface area contributed by atoms with E-state index >= 15 is 0 Å². The number of fused-ring (bicyclic) bond motifs is 1. The number of carbonyl (C=O) groups excluding carboxylic acids is 1. The molecule has 0 spiro atoms. The van der Waals surface area contributed by atoms with Crippen molar-refractivity contribution < 1.29 is 4.79 Å². The number of aryl methyl sites for hydroxylation is 1. The molecule has 2 aromatic rings. The van der Waals surface area contributed by atoms with E-state index in [1.54, 1.807) is 23.3 Å². The molecule has 2 fully saturated rings. The molecule has 0 bridgehead atoms. The van der Waals surface area contributed by atoms with Gasteiger partial charge < -0.3 is 21.3 Å². The van der Waals surface area contributed by atoms with Crippen molar-refractivity contribution in [3.05, 3.63) is 52.1 Å². The molecule has 1 amide bonds. The van der Waals surface area contributed by atoms with Crippen LogP contribution < -0.4 is 22.1 Å². The van der Waals surface area contributed by atoms with Gasteiger partial charge in [0.25, 0.3) is 0 Å². The van der Waals surface area contributed by atoms with E-state index in [0.29, 0.717) is 44.1 Å². The topological polar surface area (TPSA) is 114 Å². The van der Waals surface area contributed by atoms with Crippen LogP contribution in [-0.4, -0.2) is 82.1 Å². The molecule has 0 radical (unpaired) electrons. The van der Waals surface area contributed by atoms with Crippen LogP contribution in [0.2, 0.25) is 0 Å². The normalized spacial score (nSPS) is 23.5. The average Bonchev–Trinajstić information content (AvgIpc) is 3.11. The second-order valence-electron chi connectivity index (χ2n) is 11.5. The van der Waals surface area contributed by atoms with Crippen molar-refractivity contribution >= 4 is 11.7 Å². The zero-order valence-electron chi connectivity index (χ0n) is 22.2. The molecule has 37 heavy (non-hydrogen) atoms. The molecule has 200 valence electrons. The lowest BCUT2D eigenvalue weighted by Gasteiger charge is -2.38. The van der Waals surface area contributed by atoms with E-state index in [1.807, 2.05) is 18.3 Å². The summed E-state index contributed by atoms with van der Waals surface area (Å²) < 4.78 is 1.63.